The van der Waals surface area contributed by atoms with Gasteiger partial charge in [0.15, 0.2) is 11.0 Å². The Morgan fingerprint density at radius 3 is 2.82 bits per heavy atom. The Labute approximate surface area is 202 Å². The second kappa shape index (κ2) is 9.80. The van der Waals surface area contributed by atoms with Crippen LogP contribution in [0, 0.1) is 13.8 Å². The van der Waals surface area contributed by atoms with Crippen molar-refractivity contribution >= 4 is 23.4 Å². The van der Waals surface area contributed by atoms with Crippen LogP contribution in [-0.2, 0) is 17.8 Å². The number of carbonyl (C=O) groups is 1. The van der Waals surface area contributed by atoms with Gasteiger partial charge in [0.05, 0.1) is 5.75 Å². The van der Waals surface area contributed by atoms with E-state index in [0.717, 1.165) is 54.4 Å². The standard InChI is InChI=1S/C25H27N7OS/c1-17-10-11-21(13-18(17)2)32-16-26-30-25(32)34-15-23(33)27-20-8-6-7-19(14-20)24-29-28-22-9-4-3-5-12-31(22)24/h6-8,10-11,13-14,16H,3-5,9,12,15H2,1-2H3,(H,27,33). The second-order valence-corrected chi connectivity index (χ2v) is 9.51. The van der Waals surface area contributed by atoms with Crippen LogP contribution >= 0.6 is 11.8 Å². The van der Waals surface area contributed by atoms with Gasteiger partial charge >= 0.3 is 0 Å². The van der Waals surface area contributed by atoms with Gasteiger partial charge in [-0.3, -0.25) is 9.36 Å². The van der Waals surface area contributed by atoms with Gasteiger partial charge in [-0.25, -0.2) is 0 Å². The van der Waals surface area contributed by atoms with Crippen LogP contribution in [0.15, 0.2) is 53.9 Å². The van der Waals surface area contributed by atoms with Gasteiger partial charge in [0.25, 0.3) is 0 Å². The van der Waals surface area contributed by atoms with E-state index >= 15 is 0 Å². The smallest absolute Gasteiger partial charge is 0.234 e. The maximum absolute atomic E-state index is 12.7. The first-order valence-electron chi connectivity index (χ1n) is 11.5. The summed E-state index contributed by atoms with van der Waals surface area (Å²) in [4.78, 5) is 12.7. The van der Waals surface area contributed by atoms with Crippen LogP contribution in [0.3, 0.4) is 0 Å². The molecule has 9 heteroatoms. The molecule has 0 aliphatic carbocycles. The fourth-order valence-electron chi connectivity index (χ4n) is 4.14. The summed E-state index contributed by atoms with van der Waals surface area (Å²) in [5.41, 5.74) is 5.11. The summed E-state index contributed by atoms with van der Waals surface area (Å²) in [6, 6.07) is 14.0. The number of thioether (sulfide) groups is 1. The van der Waals surface area contributed by atoms with E-state index in [9.17, 15) is 4.79 Å². The highest BCUT2D eigenvalue weighted by Gasteiger charge is 2.17. The Kier molecular flexibility index (Phi) is 6.44. The summed E-state index contributed by atoms with van der Waals surface area (Å²) in [6.07, 6.45) is 6.15. The Hall–Kier alpha value is -3.46. The van der Waals surface area contributed by atoms with E-state index in [0.29, 0.717) is 5.16 Å². The molecule has 2 aromatic carbocycles. The largest absolute Gasteiger partial charge is 0.325 e. The van der Waals surface area contributed by atoms with E-state index < -0.39 is 0 Å². The van der Waals surface area contributed by atoms with E-state index in [-0.39, 0.29) is 11.7 Å². The van der Waals surface area contributed by atoms with Crippen LogP contribution < -0.4 is 5.32 Å². The summed E-state index contributed by atoms with van der Waals surface area (Å²) in [7, 11) is 0. The lowest BCUT2D eigenvalue weighted by molar-refractivity contribution is -0.113. The van der Waals surface area contributed by atoms with Crippen LogP contribution in [0.2, 0.25) is 0 Å². The quantitative estimate of drug-likeness (QED) is 0.412. The molecule has 0 unspecified atom stereocenters. The molecule has 8 nitrogen and oxygen atoms in total. The zero-order valence-electron chi connectivity index (χ0n) is 19.4. The van der Waals surface area contributed by atoms with Gasteiger partial charge in [0.1, 0.15) is 12.2 Å². The molecule has 1 aliphatic rings. The first-order valence-corrected chi connectivity index (χ1v) is 12.5. The zero-order valence-corrected chi connectivity index (χ0v) is 20.2. The van der Waals surface area contributed by atoms with E-state index in [1.54, 1.807) is 6.33 Å². The molecular weight excluding hydrogens is 446 g/mol. The number of nitrogens with zero attached hydrogens (tertiary/aromatic N) is 6. The van der Waals surface area contributed by atoms with Crippen LogP contribution in [0.1, 0.15) is 36.2 Å². The average Bonchev–Trinajstić information content (AvgIpc) is 3.40. The maximum atomic E-state index is 12.7. The van der Waals surface area contributed by atoms with E-state index in [2.05, 4.69) is 56.3 Å². The third-order valence-corrected chi connectivity index (χ3v) is 7.07. The minimum absolute atomic E-state index is 0.100. The molecule has 1 amide bonds. The lowest BCUT2D eigenvalue weighted by Crippen LogP contribution is -2.14. The molecule has 0 radical (unpaired) electrons. The SMILES string of the molecule is Cc1ccc(-n2cnnc2SCC(=O)Nc2cccc(-c3nnc4n3CCCCC4)c2)cc1C. The molecule has 0 fully saturated rings. The zero-order chi connectivity index (χ0) is 23.5. The molecule has 0 atom stereocenters. The highest BCUT2D eigenvalue weighted by molar-refractivity contribution is 7.99. The number of carbonyl (C=O) groups excluding carboxylic acids is 1. The molecule has 0 saturated heterocycles. The number of aromatic nitrogens is 6. The minimum Gasteiger partial charge on any atom is -0.325 e. The summed E-state index contributed by atoms with van der Waals surface area (Å²) < 4.78 is 4.12. The van der Waals surface area contributed by atoms with Crippen LogP contribution in [0.25, 0.3) is 17.1 Å². The van der Waals surface area contributed by atoms with E-state index in [4.69, 9.17) is 0 Å². The normalized spacial score (nSPS) is 13.4. The number of hydrogen-bond acceptors (Lipinski definition) is 6. The molecule has 1 N–H and O–H groups in total. The number of hydrogen-bond donors (Lipinski definition) is 1. The molecule has 3 heterocycles. The highest BCUT2D eigenvalue weighted by atomic mass is 32.2. The summed E-state index contributed by atoms with van der Waals surface area (Å²) >= 11 is 1.36. The fraction of sp³-hybridized carbons (Fsp3) is 0.320. The summed E-state index contributed by atoms with van der Waals surface area (Å²) in [6.45, 7) is 5.10. The molecule has 174 valence electrons. The van der Waals surface area contributed by atoms with Gasteiger partial charge in [-0.2, -0.15) is 0 Å². The van der Waals surface area contributed by atoms with Crippen molar-refractivity contribution in [3.8, 4) is 17.1 Å². The van der Waals surface area contributed by atoms with Crippen molar-refractivity contribution in [3.63, 3.8) is 0 Å². The van der Waals surface area contributed by atoms with Gasteiger partial charge in [-0.1, -0.05) is 36.4 Å². The third-order valence-electron chi connectivity index (χ3n) is 6.13. The van der Waals surface area contributed by atoms with Crippen molar-refractivity contribution in [1.29, 1.82) is 0 Å². The highest BCUT2D eigenvalue weighted by Crippen LogP contribution is 2.26. The molecule has 0 saturated carbocycles. The van der Waals surface area contributed by atoms with Gasteiger partial charge in [0.2, 0.25) is 5.91 Å². The molecule has 2 aromatic heterocycles. The third kappa shape index (κ3) is 4.75. The van der Waals surface area contributed by atoms with E-state index in [1.807, 2.05) is 34.9 Å². The van der Waals surface area contributed by atoms with E-state index in [1.165, 1.54) is 29.3 Å². The average molecular weight is 474 g/mol. The molecule has 4 aromatic rings. The predicted molar refractivity (Wildman–Crippen MR) is 133 cm³/mol. The number of rotatable bonds is 6. The lowest BCUT2D eigenvalue weighted by Gasteiger charge is -2.10. The Morgan fingerprint density at radius 1 is 1.03 bits per heavy atom. The van der Waals surface area contributed by atoms with Crippen molar-refractivity contribution in [2.24, 2.45) is 0 Å². The van der Waals surface area contributed by atoms with Crippen molar-refractivity contribution in [2.45, 2.75) is 51.2 Å². The molecular formula is C25H27N7OS. The van der Waals surface area contributed by atoms with Crippen molar-refractivity contribution in [3.05, 3.63) is 65.7 Å². The predicted octanol–water partition coefficient (Wildman–Crippen LogP) is 4.60. The number of anilines is 1. The van der Waals surface area contributed by atoms with Gasteiger partial charge in [0, 0.05) is 29.9 Å². The molecule has 0 spiro atoms. The first kappa shape index (κ1) is 22.3. The lowest BCUT2D eigenvalue weighted by atomic mass is 10.1. The van der Waals surface area contributed by atoms with Gasteiger partial charge < -0.3 is 9.88 Å². The first-order chi connectivity index (χ1) is 16.6. The topological polar surface area (TPSA) is 90.5 Å². The fourth-order valence-corrected chi connectivity index (χ4v) is 4.87. The molecule has 34 heavy (non-hydrogen) atoms. The Morgan fingerprint density at radius 2 is 1.94 bits per heavy atom. The summed E-state index contributed by atoms with van der Waals surface area (Å²) in [5.74, 6) is 2.04. The van der Waals surface area contributed by atoms with Gasteiger partial charge in [-0.05, 0) is 62.1 Å². The summed E-state index contributed by atoms with van der Waals surface area (Å²) in [5, 5.41) is 20.7. The number of aryl methyl sites for hydroxylation is 3. The number of fused-ring (bicyclic) bond motifs is 1. The molecule has 1 aliphatic heterocycles. The van der Waals surface area contributed by atoms with Crippen molar-refractivity contribution < 1.29 is 4.79 Å². The Bertz CT molecular complexity index is 1330. The molecule has 5 rings (SSSR count). The maximum Gasteiger partial charge on any atom is 0.234 e. The van der Waals surface area contributed by atoms with Crippen LogP contribution in [-0.4, -0.2) is 41.2 Å². The second-order valence-electron chi connectivity index (χ2n) is 8.57. The Balaban J connectivity index is 1.26. The van der Waals surface area contributed by atoms with Crippen LogP contribution in [0.5, 0.6) is 0 Å². The number of amides is 1. The molecule has 0 bridgehead atoms. The van der Waals surface area contributed by atoms with Gasteiger partial charge in [-0.15, -0.1) is 20.4 Å². The minimum atomic E-state index is -0.100. The van der Waals surface area contributed by atoms with Crippen molar-refractivity contribution in [2.75, 3.05) is 11.1 Å². The van der Waals surface area contributed by atoms with Crippen LogP contribution in [0.4, 0.5) is 5.69 Å². The number of benzene rings is 2. The van der Waals surface area contributed by atoms with Crippen molar-refractivity contribution in [1.82, 2.24) is 29.5 Å². The number of nitrogens with one attached hydrogen (secondary N) is 1. The monoisotopic (exact) mass is 473 g/mol.